The van der Waals surface area contributed by atoms with E-state index in [1.807, 2.05) is 48.5 Å². The van der Waals surface area contributed by atoms with Crippen molar-refractivity contribution in [2.24, 2.45) is 0 Å². The highest BCUT2D eigenvalue weighted by molar-refractivity contribution is 6.31. The van der Waals surface area contributed by atoms with Gasteiger partial charge >= 0.3 is 0 Å². The standard InChI is InChI=1S/C19H19ClN4/c1-24-10-9-17-16(12-24)19(23-22-14-5-3-2-4-6-14)15-8-7-13(20)11-18(15)21-17/h2-8,11,22H,9-10,12H2,1H3,(H,21,23). The first-order valence-corrected chi connectivity index (χ1v) is 8.45. The highest BCUT2D eigenvalue weighted by Crippen LogP contribution is 2.33. The number of hydrazine groups is 1. The zero-order chi connectivity index (χ0) is 16.5. The first-order chi connectivity index (χ1) is 11.7. The summed E-state index contributed by atoms with van der Waals surface area (Å²) in [4.78, 5) is 7.17. The van der Waals surface area contributed by atoms with E-state index in [2.05, 4.69) is 22.8 Å². The molecule has 1 aromatic heterocycles. The van der Waals surface area contributed by atoms with Gasteiger partial charge in [0, 0.05) is 41.2 Å². The van der Waals surface area contributed by atoms with E-state index in [1.165, 1.54) is 5.56 Å². The summed E-state index contributed by atoms with van der Waals surface area (Å²) in [6.07, 6.45) is 0.953. The topological polar surface area (TPSA) is 40.2 Å². The maximum absolute atomic E-state index is 6.17. The second-order valence-corrected chi connectivity index (χ2v) is 6.61. The Labute approximate surface area is 146 Å². The third kappa shape index (κ3) is 2.90. The molecule has 0 atom stereocenters. The molecule has 2 heterocycles. The smallest absolute Gasteiger partial charge is 0.0741 e. The lowest BCUT2D eigenvalue weighted by atomic mass is 10.0. The van der Waals surface area contributed by atoms with E-state index in [9.17, 15) is 0 Å². The number of likely N-dealkylation sites (N-methyl/N-ethyl adjacent to an activating group) is 1. The predicted octanol–water partition coefficient (Wildman–Crippen LogP) is 4.32. The Morgan fingerprint density at radius 2 is 1.92 bits per heavy atom. The van der Waals surface area contributed by atoms with Crippen molar-refractivity contribution in [2.45, 2.75) is 13.0 Å². The molecular formula is C19H19ClN4. The van der Waals surface area contributed by atoms with Crippen LogP contribution in [-0.2, 0) is 13.0 Å². The van der Waals surface area contributed by atoms with E-state index in [1.54, 1.807) is 0 Å². The molecule has 2 N–H and O–H groups in total. The van der Waals surface area contributed by atoms with Gasteiger partial charge in [-0.25, -0.2) is 0 Å². The summed E-state index contributed by atoms with van der Waals surface area (Å²) in [5.41, 5.74) is 12.2. The lowest BCUT2D eigenvalue weighted by Crippen LogP contribution is -2.28. The molecule has 1 aliphatic rings. The maximum Gasteiger partial charge on any atom is 0.0741 e. The molecule has 24 heavy (non-hydrogen) atoms. The average Bonchev–Trinajstić information content (AvgIpc) is 2.60. The van der Waals surface area contributed by atoms with Crippen molar-refractivity contribution in [3.8, 4) is 0 Å². The predicted molar refractivity (Wildman–Crippen MR) is 100 cm³/mol. The molecule has 0 aliphatic carbocycles. The van der Waals surface area contributed by atoms with E-state index < -0.39 is 0 Å². The maximum atomic E-state index is 6.17. The molecule has 2 aromatic carbocycles. The van der Waals surface area contributed by atoms with Crippen molar-refractivity contribution < 1.29 is 0 Å². The fourth-order valence-corrected chi connectivity index (χ4v) is 3.32. The summed E-state index contributed by atoms with van der Waals surface area (Å²) < 4.78 is 0. The van der Waals surface area contributed by atoms with Crippen LogP contribution in [0, 0.1) is 0 Å². The number of fused-ring (bicyclic) bond motifs is 2. The Bertz CT molecular complexity index is 879. The number of anilines is 2. The quantitative estimate of drug-likeness (QED) is 0.698. The number of rotatable bonds is 3. The molecule has 0 unspecified atom stereocenters. The van der Waals surface area contributed by atoms with Crippen molar-refractivity contribution in [3.05, 3.63) is 64.8 Å². The zero-order valence-corrected chi connectivity index (χ0v) is 14.3. The Morgan fingerprint density at radius 3 is 2.75 bits per heavy atom. The van der Waals surface area contributed by atoms with Crippen LogP contribution in [-0.4, -0.2) is 23.5 Å². The Morgan fingerprint density at radius 1 is 1.08 bits per heavy atom. The monoisotopic (exact) mass is 338 g/mol. The van der Waals surface area contributed by atoms with Crippen molar-refractivity contribution in [2.75, 3.05) is 24.4 Å². The summed E-state index contributed by atoms with van der Waals surface area (Å²) >= 11 is 6.17. The molecule has 0 radical (unpaired) electrons. The van der Waals surface area contributed by atoms with Gasteiger partial charge in [-0.2, -0.15) is 0 Å². The van der Waals surface area contributed by atoms with Crippen LogP contribution in [0.1, 0.15) is 11.3 Å². The van der Waals surface area contributed by atoms with Crippen LogP contribution in [0.4, 0.5) is 11.4 Å². The second-order valence-electron chi connectivity index (χ2n) is 6.18. The second kappa shape index (κ2) is 6.30. The van der Waals surface area contributed by atoms with Crippen LogP contribution in [0.25, 0.3) is 10.9 Å². The average molecular weight is 339 g/mol. The molecule has 0 bridgehead atoms. The molecule has 122 valence electrons. The minimum absolute atomic E-state index is 0.713. The van der Waals surface area contributed by atoms with Gasteiger partial charge < -0.3 is 10.3 Å². The van der Waals surface area contributed by atoms with Gasteiger partial charge in [0.05, 0.1) is 16.9 Å². The number of halogens is 1. The van der Waals surface area contributed by atoms with Crippen LogP contribution in [0.15, 0.2) is 48.5 Å². The summed E-state index contributed by atoms with van der Waals surface area (Å²) in [5, 5.41) is 1.79. The van der Waals surface area contributed by atoms with Gasteiger partial charge in [-0.1, -0.05) is 29.8 Å². The molecule has 5 heteroatoms. The van der Waals surface area contributed by atoms with E-state index >= 15 is 0 Å². The summed E-state index contributed by atoms with van der Waals surface area (Å²) in [6, 6.07) is 16.0. The van der Waals surface area contributed by atoms with Crippen molar-refractivity contribution in [3.63, 3.8) is 0 Å². The van der Waals surface area contributed by atoms with Gasteiger partial charge in [0.25, 0.3) is 0 Å². The first-order valence-electron chi connectivity index (χ1n) is 8.07. The molecule has 0 fully saturated rings. The minimum Gasteiger partial charge on any atom is -0.302 e. The van der Waals surface area contributed by atoms with Gasteiger partial charge in [0.2, 0.25) is 0 Å². The number of pyridine rings is 1. The van der Waals surface area contributed by atoms with Crippen molar-refractivity contribution in [1.82, 2.24) is 9.88 Å². The molecular weight excluding hydrogens is 320 g/mol. The number of hydrogen-bond acceptors (Lipinski definition) is 4. The molecule has 0 amide bonds. The lowest BCUT2D eigenvalue weighted by molar-refractivity contribution is 0.311. The Balaban J connectivity index is 1.80. The molecule has 0 saturated heterocycles. The van der Waals surface area contributed by atoms with Crippen molar-refractivity contribution >= 4 is 33.9 Å². The molecule has 0 saturated carbocycles. The third-order valence-electron chi connectivity index (χ3n) is 4.40. The van der Waals surface area contributed by atoms with Gasteiger partial charge in [-0.3, -0.25) is 10.4 Å². The highest BCUT2D eigenvalue weighted by Gasteiger charge is 2.20. The van der Waals surface area contributed by atoms with Gasteiger partial charge in [0.15, 0.2) is 0 Å². The van der Waals surface area contributed by atoms with E-state index in [-0.39, 0.29) is 0 Å². The van der Waals surface area contributed by atoms with E-state index in [4.69, 9.17) is 16.6 Å². The number of benzene rings is 2. The normalized spacial score (nSPS) is 14.4. The fourth-order valence-electron chi connectivity index (χ4n) is 3.15. The first kappa shape index (κ1) is 15.2. The number of para-hydroxylation sites is 1. The minimum atomic E-state index is 0.713. The number of nitrogens with one attached hydrogen (secondary N) is 2. The number of aromatic nitrogens is 1. The Kier molecular flexibility index (Phi) is 4.00. The molecule has 4 rings (SSSR count). The largest absolute Gasteiger partial charge is 0.302 e. The molecule has 1 aliphatic heterocycles. The number of hydrogen-bond donors (Lipinski definition) is 2. The van der Waals surface area contributed by atoms with Crippen LogP contribution < -0.4 is 10.9 Å². The molecule has 3 aromatic rings. The zero-order valence-electron chi connectivity index (χ0n) is 13.5. The van der Waals surface area contributed by atoms with Gasteiger partial charge in [-0.05, 0) is 37.4 Å². The molecule has 4 nitrogen and oxygen atoms in total. The SMILES string of the molecule is CN1CCc2nc3cc(Cl)ccc3c(NNc3ccccc3)c2C1. The highest BCUT2D eigenvalue weighted by atomic mass is 35.5. The summed E-state index contributed by atoms with van der Waals surface area (Å²) in [6.45, 7) is 1.91. The van der Waals surface area contributed by atoms with Crippen molar-refractivity contribution in [1.29, 1.82) is 0 Å². The van der Waals surface area contributed by atoms with E-state index in [0.717, 1.165) is 47.5 Å². The van der Waals surface area contributed by atoms with Crippen LogP contribution in [0.2, 0.25) is 5.02 Å². The summed E-state index contributed by atoms with van der Waals surface area (Å²) in [7, 11) is 2.14. The van der Waals surface area contributed by atoms with Crippen LogP contribution in [0.3, 0.4) is 0 Å². The Hall–Kier alpha value is -2.30. The fraction of sp³-hybridized carbons (Fsp3) is 0.211. The summed E-state index contributed by atoms with van der Waals surface area (Å²) in [5.74, 6) is 0. The van der Waals surface area contributed by atoms with E-state index in [0.29, 0.717) is 5.02 Å². The van der Waals surface area contributed by atoms with Crippen LogP contribution in [0.5, 0.6) is 0 Å². The number of nitrogens with zero attached hydrogens (tertiary/aromatic N) is 2. The lowest BCUT2D eigenvalue weighted by Gasteiger charge is -2.28. The van der Waals surface area contributed by atoms with Crippen LogP contribution >= 0.6 is 11.6 Å². The van der Waals surface area contributed by atoms with Gasteiger partial charge in [0.1, 0.15) is 0 Å². The van der Waals surface area contributed by atoms with Gasteiger partial charge in [-0.15, -0.1) is 0 Å². The molecule has 0 spiro atoms. The third-order valence-corrected chi connectivity index (χ3v) is 4.63.